The summed E-state index contributed by atoms with van der Waals surface area (Å²) >= 11 is 0. The lowest BCUT2D eigenvalue weighted by molar-refractivity contribution is -0.00161. The van der Waals surface area contributed by atoms with E-state index in [1.165, 1.54) is 0 Å². The molecule has 90 valence electrons. The van der Waals surface area contributed by atoms with Crippen LogP contribution in [0, 0.1) is 6.92 Å². The third kappa shape index (κ3) is 1.81. The molecule has 1 saturated heterocycles. The molecule has 1 aromatic heterocycles. The van der Waals surface area contributed by atoms with Gasteiger partial charge in [-0.25, -0.2) is 4.68 Å². The van der Waals surface area contributed by atoms with E-state index in [0.29, 0.717) is 0 Å². The van der Waals surface area contributed by atoms with Crippen LogP contribution in [0.4, 0.5) is 0 Å². The van der Waals surface area contributed by atoms with Crippen LogP contribution in [0.2, 0.25) is 0 Å². The van der Waals surface area contributed by atoms with Crippen molar-refractivity contribution in [1.82, 2.24) is 9.78 Å². The van der Waals surface area contributed by atoms with Gasteiger partial charge in [-0.05, 0) is 19.8 Å². The molecular formula is C11H19N3O2. The fraction of sp³-hybridized carbons (Fsp3) is 0.727. The number of rotatable bonds is 2. The van der Waals surface area contributed by atoms with Gasteiger partial charge in [-0.15, -0.1) is 0 Å². The fourth-order valence-electron chi connectivity index (χ4n) is 2.32. The van der Waals surface area contributed by atoms with E-state index in [9.17, 15) is 0 Å². The zero-order chi connectivity index (χ0) is 11.7. The molecule has 0 spiro atoms. The molecule has 2 N–H and O–H groups in total. The number of aryl methyl sites for hydroxylation is 2. The van der Waals surface area contributed by atoms with Crippen LogP contribution in [-0.2, 0) is 11.8 Å². The summed E-state index contributed by atoms with van der Waals surface area (Å²) in [5, 5.41) is 4.35. The normalized spacial score (nSPS) is 25.8. The van der Waals surface area contributed by atoms with Crippen molar-refractivity contribution < 1.29 is 9.47 Å². The van der Waals surface area contributed by atoms with Crippen LogP contribution in [-0.4, -0.2) is 29.5 Å². The van der Waals surface area contributed by atoms with Gasteiger partial charge < -0.3 is 15.2 Å². The van der Waals surface area contributed by atoms with E-state index >= 15 is 0 Å². The Kier molecular flexibility index (Phi) is 3.16. The Bertz CT molecular complexity index is 376. The molecule has 0 amide bonds. The molecule has 1 aromatic rings. The molecule has 2 atom stereocenters. The first-order chi connectivity index (χ1) is 7.65. The predicted molar refractivity (Wildman–Crippen MR) is 60.4 cm³/mol. The van der Waals surface area contributed by atoms with Gasteiger partial charge in [0.2, 0.25) is 5.88 Å². The van der Waals surface area contributed by atoms with Crippen molar-refractivity contribution in [3.63, 3.8) is 0 Å². The average Bonchev–Trinajstić information content (AvgIpc) is 2.54. The third-order valence-corrected chi connectivity index (χ3v) is 3.06. The van der Waals surface area contributed by atoms with Gasteiger partial charge in [-0.3, -0.25) is 0 Å². The molecule has 0 aromatic carbocycles. The van der Waals surface area contributed by atoms with Gasteiger partial charge in [0.05, 0.1) is 18.4 Å². The second kappa shape index (κ2) is 4.43. The summed E-state index contributed by atoms with van der Waals surface area (Å²) in [5.74, 6) is 0.750. The number of aromatic nitrogens is 2. The van der Waals surface area contributed by atoms with E-state index < -0.39 is 0 Å². The number of nitrogens with zero attached hydrogens (tertiary/aromatic N) is 2. The molecule has 0 aliphatic carbocycles. The molecular weight excluding hydrogens is 206 g/mol. The molecule has 16 heavy (non-hydrogen) atoms. The summed E-state index contributed by atoms with van der Waals surface area (Å²) in [4.78, 5) is 0. The van der Waals surface area contributed by atoms with Crippen LogP contribution in [0.25, 0.3) is 0 Å². The fourth-order valence-corrected chi connectivity index (χ4v) is 2.32. The lowest BCUT2D eigenvalue weighted by Crippen LogP contribution is -2.34. The summed E-state index contributed by atoms with van der Waals surface area (Å²) in [6, 6.07) is 0.0329. The number of ether oxygens (including phenoxy) is 2. The maximum Gasteiger partial charge on any atom is 0.217 e. The largest absolute Gasteiger partial charge is 0.481 e. The number of hydrogen-bond acceptors (Lipinski definition) is 4. The van der Waals surface area contributed by atoms with Gasteiger partial charge in [0.1, 0.15) is 6.10 Å². The van der Waals surface area contributed by atoms with Crippen molar-refractivity contribution in [3.05, 3.63) is 11.3 Å². The SMILES string of the molecule is COc1c(C2OCCCC2N)c(C)nn1C. The first kappa shape index (κ1) is 11.4. The van der Waals surface area contributed by atoms with E-state index in [1.54, 1.807) is 11.8 Å². The van der Waals surface area contributed by atoms with E-state index in [0.717, 1.165) is 36.6 Å². The minimum Gasteiger partial charge on any atom is -0.481 e. The van der Waals surface area contributed by atoms with Crippen molar-refractivity contribution in [1.29, 1.82) is 0 Å². The van der Waals surface area contributed by atoms with Gasteiger partial charge in [0.15, 0.2) is 0 Å². The topological polar surface area (TPSA) is 62.3 Å². The van der Waals surface area contributed by atoms with Gasteiger partial charge in [-0.2, -0.15) is 5.10 Å². The summed E-state index contributed by atoms with van der Waals surface area (Å²) in [7, 11) is 3.51. The minimum absolute atomic E-state index is 0.0329. The Morgan fingerprint density at radius 1 is 1.56 bits per heavy atom. The Balaban J connectivity index is 2.37. The van der Waals surface area contributed by atoms with Gasteiger partial charge in [0, 0.05) is 19.7 Å². The average molecular weight is 225 g/mol. The molecule has 2 unspecified atom stereocenters. The number of nitrogens with two attached hydrogens (primary N) is 1. The van der Waals surface area contributed by atoms with Crippen LogP contribution in [0.3, 0.4) is 0 Å². The minimum atomic E-state index is -0.0857. The molecule has 1 fully saturated rings. The number of hydrogen-bond donors (Lipinski definition) is 1. The molecule has 2 rings (SSSR count). The first-order valence-corrected chi connectivity index (χ1v) is 5.59. The van der Waals surface area contributed by atoms with Gasteiger partial charge in [0.25, 0.3) is 0 Å². The van der Waals surface area contributed by atoms with Crippen molar-refractivity contribution in [3.8, 4) is 5.88 Å². The monoisotopic (exact) mass is 225 g/mol. The van der Waals surface area contributed by atoms with Crippen LogP contribution in [0.15, 0.2) is 0 Å². The Hall–Kier alpha value is -1.07. The predicted octanol–water partition coefficient (Wildman–Crippen LogP) is 0.916. The maximum absolute atomic E-state index is 6.10. The molecule has 5 heteroatoms. The van der Waals surface area contributed by atoms with Crippen molar-refractivity contribution in [2.45, 2.75) is 31.9 Å². The highest BCUT2D eigenvalue weighted by molar-refractivity contribution is 5.34. The quantitative estimate of drug-likeness (QED) is 0.813. The molecule has 1 aliphatic rings. The molecule has 1 aliphatic heterocycles. The molecule has 5 nitrogen and oxygen atoms in total. The van der Waals surface area contributed by atoms with E-state index in [4.69, 9.17) is 15.2 Å². The van der Waals surface area contributed by atoms with Crippen LogP contribution in [0.5, 0.6) is 5.88 Å². The molecule has 0 radical (unpaired) electrons. The van der Waals surface area contributed by atoms with Crippen molar-refractivity contribution in [2.75, 3.05) is 13.7 Å². The Morgan fingerprint density at radius 2 is 2.31 bits per heavy atom. The maximum atomic E-state index is 6.10. The van der Waals surface area contributed by atoms with Gasteiger partial charge in [-0.1, -0.05) is 0 Å². The first-order valence-electron chi connectivity index (χ1n) is 5.59. The van der Waals surface area contributed by atoms with Crippen molar-refractivity contribution >= 4 is 0 Å². The molecule has 0 bridgehead atoms. The van der Waals surface area contributed by atoms with Crippen LogP contribution < -0.4 is 10.5 Å². The van der Waals surface area contributed by atoms with Crippen molar-refractivity contribution in [2.24, 2.45) is 12.8 Å². The highest BCUT2D eigenvalue weighted by Gasteiger charge is 2.31. The third-order valence-electron chi connectivity index (χ3n) is 3.06. The smallest absolute Gasteiger partial charge is 0.217 e. The lowest BCUT2D eigenvalue weighted by atomic mass is 9.97. The van der Waals surface area contributed by atoms with E-state index in [2.05, 4.69) is 5.10 Å². The van der Waals surface area contributed by atoms with Gasteiger partial charge >= 0.3 is 0 Å². The second-order valence-electron chi connectivity index (χ2n) is 4.23. The lowest BCUT2D eigenvalue weighted by Gasteiger charge is -2.29. The summed E-state index contributed by atoms with van der Waals surface area (Å²) in [6.45, 7) is 2.72. The Morgan fingerprint density at radius 3 is 2.94 bits per heavy atom. The highest BCUT2D eigenvalue weighted by Crippen LogP contribution is 2.35. The zero-order valence-electron chi connectivity index (χ0n) is 10.1. The van der Waals surface area contributed by atoms with E-state index in [-0.39, 0.29) is 12.1 Å². The standard InChI is InChI=1S/C11H19N3O2/c1-7-9(11(15-3)14(2)13-7)10-8(12)5-4-6-16-10/h8,10H,4-6,12H2,1-3H3. The Labute approximate surface area is 95.5 Å². The van der Waals surface area contributed by atoms with Crippen LogP contribution in [0.1, 0.15) is 30.2 Å². The summed E-state index contributed by atoms with van der Waals surface area (Å²) in [5.41, 5.74) is 8.02. The summed E-state index contributed by atoms with van der Waals surface area (Å²) < 4.78 is 12.8. The molecule has 0 saturated carbocycles. The molecule has 2 heterocycles. The van der Waals surface area contributed by atoms with Crippen LogP contribution >= 0.6 is 0 Å². The zero-order valence-corrected chi connectivity index (χ0v) is 10.1. The summed E-state index contributed by atoms with van der Waals surface area (Å²) in [6.07, 6.45) is 1.93. The second-order valence-corrected chi connectivity index (χ2v) is 4.23. The van der Waals surface area contributed by atoms with E-state index in [1.807, 2.05) is 14.0 Å². The number of methoxy groups -OCH3 is 1. The highest BCUT2D eigenvalue weighted by atomic mass is 16.5.